The quantitative estimate of drug-likeness (QED) is 0.846. The third-order valence-electron chi connectivity index (χ3n) is 5.13. The first-order chi connectivity index (χ1) is 12.0. The summed E-state index contributed by atoms with van der Waals surface area (Å²) in [6, 6.07) is 6.22. The Balaban J connectivity index is 1.71. The molecule has 1 saturated heterocycles. The standard InChI is InChI=1S/C18H25ClN2O3S/c19-14-8-10-17(11-9-14)25(23,24)21-12-4-3-7-16(21)13-18(22)20-15-5-1-2-6-15/h8-11,15-16H,1-7,12-13H2,(H,20,22)/t16-/m1/s1. The molecule has 5 nitrogen and oxygen atoms in total. The van der Waals surface area contributed by atoms with Crippen molar-refractivity contribution in [3.05, 3.63) is 29.3 Å². The Morgan fingerprint density at radius 3 is 2.40 bits per heavy atom. The minimum atomic E-state index is -3.61. The highest BCUT2D eigenvalue weighted by Gasteiger charge is 2.35. The van der Waals surface area contributed by atoms with Gasteiger partial charge in [0.05, 0.1) is 4.90 Å². The van der Waals surface area contributed by atoms with E-state index in [1.165, 1.54) is 16.4 Å². The third-order valence-corrected chi connectivity index (χ3v) is 7.35. The molecule has 2 aliphatic rings. The van der Waals surface area contributed by atoms with Crippen LogP contribution >= 0.6 is 11.6 Å². The predicted molar refractivity (Wildman–Crippen MR) is 98.0 cm³/mol. The number of hydrogen-bond donors (Lipinski definition) is 1. The van der Waals surface area contributed by atoms with Crippen molar-refractivity contribution in [1.82, 2.24) is 9.62 Å². The number of carbonyl (C=O) groups excluding carboxylic acids is 1. The largest absolute Gasteiger partial charge is 0.353 e. The number of halogens is 1. The second-order valence-electron chi connectivity index (χ2n) is 6.97. The number of benzene rings is 1. The maximum Gasteiger partial charge on any atom is 0.243 e. The molecular weight excluding hydrogens is 360 g/mol. The highest BCUT2D eigenvalue weighted by Crippen LogP contribution is 2.28. The van der Waals surface area contributed by atoms with E-state index in [-0.39, 0.29) is 29.3 Å². The van der Waals surface area contributed by atoms with Crippen molar-refractivity contribution >= 4 is 27.5 Å². The van der Waals surface area contributed by atoms with Crippen molar-refractivity contribution in [2.45, 2.75) is 68.3 Å². The van der Waals surface area contributed by atoms with Crippen LogP contribution < -0.4 is 5.32 Å². The average Bonchev–Trinajstić information content (AvgIpc) is 3.08. The highest BCUT2D eigenvalue weighted by atomic mass is 35.5. The number of hydrogen-bond acceptors (Lipinski definition) is 3. The van der Waals surface area contributed by atoms with E-state index in [0.29, 0.717) is 11.6 Å². The molecule has 2 fully saturated rings. The second-order valence-corrected chi connectivity index (χ2v) is 9.30. The molecule has 1 aromatic rings. The van der Waals surface area contributed by atoms with E-state index in [0.717, 1.165) is 44.9 Å². The lowest BCUT2D eigenvalue weighted by atomic mass is 10.0. The maximum atomic E-state index is 13.0. The first kappa shape index (κ1) is 18.7. The number of piperidine rings is 1. The van der Waals surface area contributed by atoms with Crippen LogP contribution in [0.5, 0.6) is 0 Å². The fraction of sp³-hybridized carbons (Fsp3) is 0.611. The van der Waals surface area contributed by atoms with Crippen molar-refractivity contribution in [2.24, 2.45) is 0 Å². The van der Waals surface area contributed by atoms with E-state index in [4.69, 9.17) is 11.6 Å². The van der Waals surface area contributed by atoms with Crippen LogP contribution in [0.15, 0.2) is 29.2 Å². The second kappa shape index (κ2) is 8.06. The zero-order chi connectivity index (χ0) is 17.9. The minimum Gasteiger partial charge on any atom is -0.353 e. The molecule has 1 atom stereocenters. The third kappa shape index (κ3) is 4.54. The van der Waals surface area contributed by atoms with Gasteiger partial charge in [-0.05, 0) is 49.9 Å². The monoisotopic (exact) mass is 384 g/mol. The SMILES string of the molecule is O=C(C[C@H]1CCCCN1S(=O)(=O)c1ccc(Cl)cc1)NC1CCCC1. The summed E-state index contributed by atoms with van der Waals surface area (Å²) in [7, 11) is -3.61. The summed E-state index contributed by atoms with van der Waals surface area (Å²) in [5.41, 5.74) is 0. The van der Waals surface area contributed by atoms with Crippen molar-refractivity contribution in [3.8, 4) is 0 Å². The molecule has 1 heterocycles. The van der Waals surface area contributed by atoms with Gasteiger partial charge in [-0.15, -0.1) is 0 Å². The topological polar surface area (TPSA) is 66.5 Å². The number of rotatable bonds is 5. The van der Waals surface area contributed by atoms with Gasteiger partial charge >= 0.3 is 0 Å². The molecule has 1 amide bonds. The molecule has 1 aliphatic carbocycles. The summed E-state index contributed by atoms with van der Waals surface area (Å²) in [5, 5.41) is 3.57. The Bertz CT molecular complexity index is 700. The molecule has 7 heteroatoms. The van der Waals surface area contributed by atoms with Gasteiger partial charge in [-0.25, -0.2) is 8.42 Å². The normalized spacial score (nSPS) is 22.8. The zero-order valence-corrected chi connectivity index (χ0v) is 15.9. The predicted octanol–water partition coefficient (Wildman–Crippen LogP) is 3.33. The molecule has 1 saturated carbocycles. The van der Waals surface area contributed by atoms with Gasteiger partial charge in [0.2, 0.25) is 15.9 Å². The Kier molecular flexibility index (Phi) is 6.02. The average molecular weight is 385 g/mol. The number of nitrogens with one attached hydrogen (secondary N) is 1. The molecule has 1 N–H and O–H groups in total. The molecule has 0 bridgehead atoms. The lowest BCUT2D eigenvalue weighted by molar-refractivity contribution is -0.122. The van der Waals surface area contributed by atoms with Gasteiger partial charge in [-0.1, -0.05) is 30.9 Å². The number of amides is 1. The van der Waals surface area contributed by atoms with Gasteiger partial charge in [0, 0.05) is 30.1 Å². The van der Waals surface area contributed by atoms with Crippen LogP contribution in [-0.2, 0) is 14.8 Å². The molecule has 0 aromatic heterocycles. The number of nitrogens with zero attached hydrogens (tertiary/aromatic N) is 1. The summed E-state index contributed by atoms with van der Waals surface area (Å²) >= 11 is 5.86. The fourth-order valence-corrected chi connectivity index (χ4v) is 5.63. The molecular formula is C18H25ClN2O3S. The van der Waals surface area contributed by atoms with Gasteiger partial charge in [0.15, 0.2) is 0 Å². The molecule has 1 aliphatic heterocycles. The maximum absolute atomic E-state index is 13.0. The Morgan fingerprint density at radius 2 is 1.72 bits per heavy atom. The molecule has 0 radical (unpaired) electrons. The summed E-state index contributed by atoms with van der Waals surface area (Å²) in [6.07, 6.45) is 7.12. The molecule has 1 aromatic carbocycles. The Morgan fingerprint density at radius 1 is 1.08 bits per heavy atom. The van der Waals surface area contributed by atoms with Crippen LogP contribution in [0.4, 0.5) is 0 Å². The van der Waals surface area contributed by atoms with Crippen LogP contribution in [0.25, 0.3) is 0 Å². The van der Waals surface area contributed by atoms with E-state index in [2.05, 4.69) is 5.32 Å². The van der Waals surface area contributed by atoms with Crippen LogP contribution in [0.2, 0.25) is 5.02 Å². The molecule has 0 spiro atoms. The van der Waals surface area contributed by atoms with Crippen molar-refractivity contribution in [2.75, 3.05) is 6.54 Å². The smallest absolute Gasteiger partial charge is 0.243 e. The van der Waals surface area contributed by atoms with Gasteiger partial charge in [0.25, 0.3) is 0 Å². The molecule has 0 unspecified atom stereocenters. The van der Waals surface area contributed by atoms with Gasteiger partial charge in [0.1, 0.15) is 0 Å². The van der Waals surface area contributed by atoms with Crippen LogP contribution in [0.3, 0.4) is 0 Å². The fourth-order valence-electron chi connectivity index (χ4n) is 3.81. The van der Waals surface area contributed by atoms with Crippen LogP contribution in [0.1, 0.15) is 51.4 Å². The molecule has 138 valence electrons. The molecule has 25 heavy (non-hydrogen) atoms. The number of sulfonamides is 1. The Labute approximate surface area is 154 Å². The highest BCUT2D eigenvalue weighted by molar-refractivity contribution is 7.89. The summed E-state index contributed by atoms with van der Waals surface area (Å²) in [5.74, 6) is -0.0323. The van der Waals surface area contributed by atoms with Crippen LogP contribution in [0, 0.1) is 0 Å². The van der Waals surface area contributed by atoms with Crippen molar-refractivity contribution in [1.29, 1.82) is 0 Å². The van der Waals surface area contributed by atoms with E-state index in [1.54, 1.807) is 12.1 Å². The Hall–Kier alpha value is -1.11. The van der Waals surface area contributed by atoms with E-state index in [1.807, 2.05) is 0 Å². The zero-order valence-electron chi connectivity index (χ0n) is 14.3. The van der Waals surface area contributed by atoms with E-state index < -0.39 is 10.0 Å². The van der Waals surface area contributed by atoms with Gasteiger partial charge in [-0.2, -0.15) is 4.31 Å². The van der Waals surface area contributed by atoms with Gasteiger partial charge < -0.3 is 5.32 Å². The molecule has 3 rings (SSSR count). The first-order valence-corrected chi connectivity index (χ1v) is 10.9. The van der Waals surface area contributed by atoms with Gasteiger partial charge in [-0.3, -0.25) is 4.79 Å². The van der Waals surface area contributed by atoms with Crippen molar-refractivity contribution < 1.29 is 13.2 Å². The summed E-state index contributed by atoms with van der Waals surface area (Å²) in [6.45, 7) is 0.465. The summed E-state index contributed by atoms with van der Waals surface area (Å²) in [4.78, 5) is 12.6. The van der Waals surface area contributed by atoms with E-state index in [9.17, 15) is 13.2 Å². The van der Waals surface area contributed by atoms with Crippen molar-refractivity contribution in [3.63, 3.8) is 0 Å². The lowest BCUT2D eigenvalue weighted by Crippen LogP contribution is -2.46. The minimum absolute atomic E-state index is 0.0323. The summed E-state index contributed by atoms with van der Waals surface area (Å²) < 4.78 is 27.5. The van der Waals surface area contributed by atoms with E-state index >= 15 is 0 Å². The van der Waals surface area contributed by atoms with Crippen LogP contribution in [-0.4, -0.2) is 37.3 Å². The lowest BCUT2D eigenvalue weighted by Gasteiger charge is -2.34. The number of carbonyl (C=O) groups is 1. The first-order valence-electron chi connectivity index (χ1n) is 9.03.